The zero-order valence-corrected chi connectivity index (χ0v) is 12.9. The van der Waals surface area contributed by atoms with Crippen molar-refractivity contribution in [3.8, 4) is 5.75 Å². The highest BCUT2D eigenvalue weighted by Gasteiger charge is 2.01. The van der Waals surface area contributed by atoms with Crippen molar-refractivity contribution in [1.29, 1.82) is 0 Å². The third-order valence-electron chi connectivity index (χ3n) is 3.32. The lowest BCUT2D eigenvalue weighted by Gasteiger charge is -2.07. The van der Waals surface area contributed by atoms with Crippen LogP contribution in [-0.4, -0.2) is 30.8 Å². The smallest absolute Gasteiger partial charge is 0.335 e. The Morgan fingerprint density at radius 3 is 2.33 bits per heavy atom. The van der Waals surface area contributed by atoms with Crippen molar-refractivity contribution < 1.29 is 14.6 Å². The molecular formula is C17H27NO3. The molecule has 2 N–H and O–H groups in total. The first-order chi connectivity index (χ1) is 10.2. The van der Waals surface area contributed by atoms with Crippen LogP contribution in [0.2, 0.25) is 0 Å². The van der Waals surface area contributed by atoms with E-state index in [1.54, 1.807) is 24.3 Å². The lowest BCUT2D eigenvalue weighted by molar-refractivity contribution is 0.0697. The number of benzene rings is 1. The third kappa shape index (κ3) is 8.35. The summed E-state index contributed by atoms with van der Waals surface area (Å²) in [5.74, 6) is -0.181. The normalized spacial score (nSPS) is 10.5. The maximum atomic E-state index is 10.7. The summed E-state index contributed by atoms with van der Waals surface area (Å²) in [6.45, 7) is 5.04. The molecule has 0 atom stereocenters. The second-order valence-electron chi connectivity index (χ2n) is 5.20. The second kappa shape index (κ2) is 11.1. The van der Waals surface area contributed by atoms with Gasteiger partial charge in [-0.25, -0.2) is 4.79 Å². The molecule has 1 aromatic carbocycles. The minimum absolute atomic E-state index is 0.287. The quantitative estimate of drug-likeness (QED) is 0.577. The third-order valence-corrected chi connectivity index (χ3v) is 3.32. The Hall–Kier alpha value is -1.55. The van der Waals surface area contributed by atoms with E-state index in [2.05, 4.69) is 12.2 Å². The Kier molecular flexibility index (Phi) is 9.29. The average Bonchev–Trinajstić information content (AvgIpc) is 2.49. The maximum Gasteiger partial charge on any atom is 0.335 e. The van der Waals surface area contributed by atoms with Gasteiger partial charge in [-0.1, -0.05) is 26.2 Å². The van der Waals surface area contributed by atoms with Crippen molar-refractivity contribution >= 4 is 5.97 Å². The number of aromatic carboxylic acids is 1. The lowest BCUT2D eigenvalue weighted by atomic mass is 10.2. The monoisotopic (exact) mass is 293 g/mol. The fourth-order valence-electron chi connectivity index (χ4n) is 2.04. The van der Waals surface area contributed by atoms with E-state index in [0.29, 0.717) is 6.61 Å². The van der Waals surface area contributed by atoms with Crippen LogP contribution >= 0.6 is 0 Å². The predicted octanol–water partition coefficient (Wildman–Crippen LogP) is 3.71. The highest BCUT2D eigenvalue weighted by Crippen LogP contribution is 2.12. The van der Waals surface area contributed by atoms with Crippen LogP contribution in [0, 0.1) is 0 Å². The topological polar surface area (TPSA) is 58.6 Å². The van der Waals surface area contributed by atoms with Crippen molar-refractivity contribution in [2.45, 2.75) is 45.4 Å². The number of hydrogen-bond acceptors (Lipinski definition) is 3. The van der Waals surface area contributed by atoms with Gasteiger partial charge in [-0.05, 0) is 56.6 Å². The Bertz CT molecular complexity index is 390. The van der Waals surface area contributed by atoms with E-state index in [0.717, 1.165) is 31.7 Å². The first kappa shape index (κ1) is 17.5. The standard InChI is InChI=1S/C17H27NO3/c1-2-3-4-5-12-18-13-6-7-14-21-16-10-8-15(9-11-16)17(19)20/h8-11,18H,2-7,12-14H2,1H3,(H,19,20). The first-order valence-electron chi connectivity index (χ1n) is 7.91. The van der Waals surface area contributed by atoms with Crippen LogP contribution in [0.25, 0.3) is 0 Å². The summed E-state index contributed by atoms with van der Waals surface area (Å²) in [6.07, 6.45) is 7.30. The number of unbranched alkanes of at least 4 members (excludes halogenated alkanes) is 4. The van der Waals surface area contributed by atoms with Gasteiger partial charge in [-0.3, -0.25) is 0 Å². The minimum Gasteiger partial charge on any atom is -0.494 e. The number of hydrogen-bond donors (Lipinski definition) is 2. The molecule has 4 nitrogen and oxygen atoms in total. The predicted molar refractivity (Wildman–Crippen MR) is 85.1 cm³/mol. The van der Waals surface area contributed by atoms with Crippen LogP contribution in [0.1, 0.15) is 55.8 Å². The van der Waals surface area contributed by atoms with Crippen LogP contribution < -0.4 is 10.1 Å². The van der Waals surface area contributed by atoms with E-state index >= 15 is 0 Å². The summed E-state index contributed by atoms with van der Waals surface area (Å²) < 4.78 is 5.58. The molecule has 0 heterocycles. The SMILES string of the molecule is CCCCCCNCCCCOc1ccc(C(=O)O)cc1. The molecular weight excluding hydrogens is 266 g/mol. The van der Waals surface area contributed by atoms with E-state index in [4.69, 9.17) is 9.84 Å². The molecule has 0 fully saturated rings. The van der Waals surface area contributed by atoms with Gasteiger partial charge in [-0.2, -0.15) is 0 Å². The molecule has 0 aliphatic heterocycles. The van der Waals surface area contributed by atoms with Gasteiger partial charge in [0.2, 0.25) is 0 Å². The summed E-state index contributed by atoms with van der Waals surface area (Å²) in [7, 11) is 0. The fraction of sp³-hybridized carbons (Fsp3) is 0.588. The zero-order valence-electron chi connectivity index (χ0n) is 12.9. The molecule has 0 saturated heterocycles. The molecule has 21 heavy (non-hydrogen) atoms. The Morgan fingerprint density at radius 1 is 1.05 bits per heavy atom. The minimum atomic E-state index is -0.911. The van der Waals surface area contributed by atoms with E-state index in [1.165, 1.54) is 25.7 Å². The number of nitrogens with one attached hydrogen (secondary N) is 1. The molecule has 1 aromatic rings. The molecule has 0 spiro atoms. The lowest BCUT2D eigenvalue weighted by Crippen LogP contribution is -2.17. The van der Waals surface area contributed by atoms with Gasteiger partial charge in [0.15, 0.2) is 0 Å². The van der Waals surface area contributed by atoms with Crippen molar-refractivity contribution in [3.05, 3.63) is 29.8 Å². The molecule has 4 heteroatoms. The van der Waals surface area contributed by atoms with Crippen molar-refractivity contribution in [2.24, 2.45) is 0 Å². The Labute approximate surface area is 127 Å². The summed E-state index contributed by atoms with van der Waals surface area (Å²) >= 11 is 0. The van der Waals surface area contributed by atoms with Crippen LogP contribution in [0.3, 0.4) is 0 Å². The van der Waals surface area contributed by atoms with Gasteiger partial charge in [0.1, 0.15) is 5.75 Å². The van der Waals surface area contributed by atoms with Crippen molar-refractivity contribution in [1.82, 2.24) is 5.32 Å². The van der Waals surface area contributed by atoms with E-state index < -0.39 is 5.97 Å². The average molecular weight is 293 g/mol. The maximum absolute atomic E-state index is 10.7. The summed E-state index contributed by atoms with van der Waals surface area (Å²) in [4.78, 5) is 10.7. The van der Waals surface area contributed by atoms with E-state index in [-0.39, 0.29) is 5.56 Å². The van der Waals surface area contributed by atoms with Crippen LogP contribution in [0.15, 0.2) is 24.3 Å². The molecule has 0 aromatic heterocycles. The van der Waals surface area contributed by atoms with E-state index in [1.807, 2.05) is 0 Å². The Morgan fingerprint density at radius 2 is 1.71 bits per heavy atom. The summed E-state index contributed by atoms with van der Waals surface area (Å²) in [5, 5.41) is 12.2. The van der Waals surface area contributed by atoms with Gasteiger partial charge in [0.05, 0.1) is 12.2 Å². The van der Waals surface area contributed by atoms with Crippen molar-refractivity contribution in [3.63, 3.8) is 0 Å². The Balaban J connectivity index is 1.98. The van der Waals surface area contributed by atoms with Crippen molar-refractivity contribution in [2.75, 3.05) is 19.7 Å². The van der Waals surface area contributed by atoms with Crippen LogP contribution in [0.5, 0.6) is 5.75 Å². The number of carboxylic acids is 1. The molecule has 0 aliphatic carbocycles. The molecule has 0 amide bonds. The number of carboxylic acid groups (broad SMARTS) is 1. The van der Waals surface area contributed by atoms with Crippen LogP contribution in [-0.2, 0) is 0 Å². The van der Waals surface area contributed by atoms with E-state index in [9.17, 15) is 4.79 Å². The van der Waals surface area contributed by atoms with Crippen LogP contribution in [0.4, 0.5) is 0 Å². The molecule has 1 rings (SSSR count). The highest BCUT2D eigenvalue weighted by atomic mass is 16.5. The van der Waals surface area contributed by atoms with Gasteiger partial charge in [-0.15, -0.1) is 0 Å². The number of rotatable bonds is 12. The highest BCUT2D eigenvalue weighted by molar-refractivity contribution is 5.87. The van der Waals surface area contributed by atoms with Gasteiger partial charge < -0.3 is 15.2 Å². The molecule has 0 saturated carbocycles. The molecule has 0 bridgehead atoms. The fourth-order valence-corrected chi connectivity index (χ4v) is 2.04. The van der Waals surface area contributed by atoms with Gasteiger partial charge in [0.25, 0.3) is 0 Å². The largest absolute Gasteiger partial charge is 0.494 e. The van der Waals surface area contributed by atoms with Gasteiger partial charge >= 0.3 is 5.97 Å². The number of carbonyl (C=O) groups is 1. The molecule has 0 aliphatic rings. The second-order valence-corrected chi connectivity index (χ2v) is 5.20. The molecule has 0 unspecified atom stereocenters. The molecule has 118 valence electrons. The molecule has 0 radical (unpaired) electrons. The first-order valence-corrected chi connectivity index (χ1v) is 7.91. The van der Waals surface area contributed by atoms with Gasteiger partial charge in [0, 0.05) is 0 Å². The number of ether oxygens (including phenoxy) is 1. The zero-order chi connectivity index (χ0) is 15.3. The summed E-state index contributed by atoms with van der Waals surface area (Å²) in [6, 6.07) is 6.54. The summed E-state index contributed by atoms with van der Waals surface area (Å²) in [5.41, 5.74) is 0.287.